The summed E-state index contributed by atoms with van der Waals surface area (Å²) in [7, 11) is 0. The molecule has 1 saturated heterocycles. The predicted octanol–water partition coefficient (Wildman–Crippen LogP) is 2.33. The number of para-hydroxylation sites is 1. The Bertz CT molecular complexity index is 961. The molecule has 1 aliphatic heterocycles. The predicted molar refractivity (Wildman–Crippen MR) is 117 cm³/mol. The molecule has 0 N–H and O–H groups in total. The molecule has 4 rings (SSSR count). The molecule has 0 radical (unpaired) electrons. The summed E-state index contributed by atoms with van der Waals surface area (Å²) >= 11 is 6.13. The summed E-state index contributed by atoms with van der Waals surface area (Å²) in [5.41, 5.74) is 1.08. The second-order valence-electron chi connectivity index (χ2n) is 7.44. The molecule has 8 nitrogen and oxygen atoms in total. The van der Waals surface area contributed by atoms with Crippen molar-refractivity contribution >= 4 is 17.5 Å². The summed E-state index contributed by atoms with van der Waals surface area (Å²) in [6.45, 7) is 4.26. The van der Waals surface area contributed by atoms with Gasteiger partial charge < -0.3 is 9.64 Å². The number of rotatable bonds is 8. The van der Waals surface area contributed by atoms with E-state index in [1.54, 1.807) is 4.68 Å². The first-order chi connectivity index (χ1) is 15.2. The van der Waals surface area contributed by atoms with Gasteiger partial charge in [-0.05, 0) is 28.1 Å². The Labute approximate surface area is 186 Å². The van der Waals surface area contributed by atoms with Crippen molar-refractivity contribution in [2.45, 2.75) is 12.5 Å². The molecule has 0 bridgehead atoms. The molecule has 1 amide bonds. The van der Waals surface area contributed by atoms with Gasteiger partial charge in [0.15, 0.2) is 0 Å². The molecule has 1 aromatic heterocycles. The number of piperazine rings is 1. The van der Waals surface area contributed by atoms with E-state index in [4.69, 9.17) is 16.3 Å². The fourth-order valence-electron chi connectivity index (χ4n) is 3.69. The van der Waals surface area contributed by atoms with Crippen LogP contribution >= 0.6 is 11.6 Å². The van der Waals surface area contributed by atoms with Crippen LogP contribution in [0.5, 0.6) is 5.75 Å². The van der Waals surface area contributed by atoms with Crippen LogP contribution in [0.4, 0.5) is 0 Å². The minimum absolute atomic E-state index is 0.0446. The van der Waals surface area contributed by atoms with Crippen molar-refractivity contribution in [3.05, 3.63) is 71.5 Å². The van der Waals surface area contributed by atoms with Crippen LogP contribution in [0.15, 0.2) is 60.9 Å². The molecule has 9 heteroatoms. The van der Waals surface area contributed by atoms with Crippen LogP contribution < -0.4 is 4.74 Å². The quantitative estimate of drug-likeness (QED) is 0.535. The van der Waals surface area contributed by atoms with Gasteiger partial charge in [-0.15, -0.1) is 5.10 Å². The lowest BCUT2D eigenvalue weighted by Crippen LogP contribution is -2.51. The smallest absolute Gasteiger partial charge is 0.248 e. The largest absolute Gasteiger partial charge is 0.491 e. The van der Waals surface area contributed by atoms with E-state index in [0.29, 0.717) is 36.9 Å². The summed E-state index contributed by atoms with van der Waals surface area (Å²) in [6.07, 6.45) is 2.06. The number of carbonyl (C=O) groups is 1. The van der Waals surface area contributed by atoms with Crippen molar-refractivity contribution in [3.63, 3.8) is 0 Å². The van der Waals surface area contributed by atoms with E-state index in [9.17, 15) is 4.79 Å². The van der Waals surface area contributed by atoms with Crippen molar-refractivity contribution in [3.8, 4) is 5.75 Å². The average molecular weight is 441 g/mol. The molecule has 2 heterocycles. The number of hydrogen-bond donors (Lipinski definition) is 0. The van der Waals surface area contributed by atoms with Gasteiger partial charge in [0.05, 0.1) is 5.02 Å². The third-order valence-corrected chi connectivity index (χ3v) is 5.74. The molecular formula is C22H25ClN6O2. The first kappa shape index (κ1) is 21.3. The Morgan fingerprint density at radius 2 is 1.77 bits per heavy atom. The maximum atomic E-state index is 13.3. The van der Waals surface area contributed by atoms with Crippen LogP contribution in [0.2, 0.25) is 5.02 Å². The summed E-state index contributed by atoms with van der Waals surface area (Å²) in [5.74, 6) is 0.742. The molecular weight excluding hydrogens is 416 g/mol. The van der Waals surface area contributed by atoms with E-state index < -0.39 is 6.04 Å². The third kappa shape index (κ3) is 5.59. The van der Waals surface area contributed by atoms with E-state index in [2.05, 4.69) is 20.4 Å². The van der Waals surface area contributed by atoms with Gasteiger partial charge in [0.2, 0.25) is 5.91 Å². The second kappa shape index (κ2) is 10.4. The number of ether oxygens (including phenoxy) is 1. The standard InChI is InChI=1S/C22H25ClN6O2/c23-19-8-4-5-9-21(19)31-15-14-27-10-12-28(13-11-27)22(30)20(29-17-24-25-26-29)16-18-6-2-1-3-7-18/h1-9,17,20H,10-16H2. The highest BCUT2D eigenvalue weighted by molar-refractivity contribution is 6.32. The Kier molecular flexibility index (Phi) is 7.11. The van der Waals surface area contributed by atoms with Gasteiger partial charge in [0.25, 0.3) is 0 Å². The molecule has 0 saturated carbocycles. The molecule has 2 aromatic carbocycles. The maximum absolute atomic E-state index is 13.3. The third-order valence-electron chi connectivity index (χ3n) is 5.43. The highest BCUT2D eigenvalue weighted by Crippen LogP contribution is 2.23. The summed E-state index contributed by atoms with van der Waals surface area (Å²) in [4.78, 5) is 17.5. The van der Waals surface area contributed by atoms with E-state index >= 15 is 0 Å². The summed E-state index contributed by atoms with van der Waals surface area (Å²) < 4.78 is 7.34. The van der Waals surface area contributed by atoms with Gasteiger partial charge in [-0.1, -0.05) is 54.1 Å². The first-order valence-corrected chi connectivity index (χ1v) is 10.7. The van der Waals surface area contributed by atoms with E-state index in [-0.39, 0.29) is 5.91 Å². The first-order valence-electron chi connectivity index (χ1n) is 10.4. The molecule has 1 aliphatic rings. The molecule has 0 aliphatic carbocycles. The lowest BCUT2D eigenvalue weighted by Gasteiger charge is -2.36. The van der Waals surface area contributed by atoms with Gasteiger partial charge in [0, 0.05) is 39.1 Å². The zero-order valence-electron chi connectivity index (χ0n) is 17.2. The van der Waals surface area contributed by atoms with Gasteiger partial charge >= 0.3 is 0 Å². The number of hydrogen-bond acceptors (Lipinski definition) is 6. The lowest BCUT2D eigenvalue weighted by atomic mass is 10.0. The number of benzene rings is 2. The SMILES string of the molecule is O=C(C(Cc1ccccc1)n1cnnn1)N1CCN(CCOc2ccccc2Cl)CC1. The van der Waals surface area contributed by atoms with Gasteiger partial charge in [-0.2, -0.15) is 0 Å². The van der Waals surface area contributed by atoms with Crippen LogP contribution in [-0.4, -0.2) is 75.2 Å². The molecule has 1 fully saturated rings. The second-order valence-corrected chi connectivity index (χ2v) is 7.85. The van der Waals surface area contributed by atoms with Gasteiger partial charge in [-0.3, -0.25) is 9.69 Å². The fraction of sp³-hybridized carbons (Fsp3) is 0.364. The van der Waals surface area contributed by atoms with Crippen molar-refractivity contribution in [2.24, 2.45) is 0 Å². The Balaban J connectivity index is 1.30. The topological polar surface area (TPSA) is 76.4 Å². The average Bonchev–Trinajstić information content (AvgIpc) is 3.34. The summed E-state index contributed by atoms with van der Waals surface area (Å²) in [5, 5.41) is 12.0. The minimum atomic E-state index is -0.451. The monoisotopic (exact) mass is 440 g/mol. The molecule has 0 spiro atoms. The van der Waals surface area contributed by atoms with Gasteiger partial charge in [-0.25, -0.2) is 4.68 Å². The van der Waals surface area contributed by atoms with Crippen molar-refractivity contribution in [1.82, 2.24) is 30.0 Å². The summed E-state index contributed by atoms with van der Waals surface area (Å²) in [6, 6.07) is 17.0. The number of tetrazole rings is 1. The van der Waals surface area contributed by atoms with E-state index in [1.165, 1.54) is 6.33 Å². The molecule has 31 heavy (non-hydrogen) atoms. The van der Waals surface area contributed by atoms with Crippen LogP contribution in [0, 0.1) is 0 Å². The van der Waals surface area contributed by atoms with E-state index in [1.807, 2.05) is 59.5 Å². The Hall–Kier alpha value is -2.97. The van der Waals surface area contributed by atoms with Crippen LogP contribution in [0.25, 0.3) is 0 Å². The maximum Gasteiger partial charge on any atom is 0.248 e. The molecule has 1 unspecified atom stereocenters. The van der Waals surface area contributed by atoms with Crippen molar-refractivity contribution in [2.75, 3.05) is 39.3 Å². The molecule has 3 aromatic rings. The number of amides is 1. The minimum Gasteiger partial charge on any atom is -0.491 e. The Morgan fingerprint density at radius 3 is 2.48 bits per heavy atom. The number of carbonyl (C=O) groups excluding carboxylic acids is 1. The number of aromatic nitrogens is 4. The molecule has 1 atom stereocenters. The normalized spacial score (nSPS) is 15.6. The number of nitrogens with zero attached hydrogens (tertiary/aromatic N) is 6. The zero-order chi connectivity index (χ0) is 21.5. The van der Waals surface area contributed by atoms with Gasteiger partial charge in [0.1, 0.15) is 24.7 Å². The van der Waals surface area contributed by atoms with E-state index in [0.717, 1.165) is 25.2 Å². The van der Waals surface area contributed by atoms with Crippen LogP contribution in [0.3, 0.4) is 0 Å². The molecule has 162 valence electrons. The van der Waals surface area contributed by atoms with Crippen LogP contribution in [0.1, 0.15) is 11.6 Å². The highest BCUT2D eigenvalue weighted by Gasteiger charge is 2.29. The Morgan fingerprint density at radius 1 is 1.03 bits per heavy atom. The highest BCUT2D eigenvalue weighted by atomic mass is 35.5. The number of halogens is 1. The zero-order valence-corrected chi connectivity index (χ0v) is 17.9. The van der Waals surface area contributed by atoms with Crippen molar-refractivity contribution in [1.29, 1.82) is 0 Å². The van der Waals surface area contributed by atoms with Crippen LogP contribution in [-0.2, 0) is 11.2 Å². The lowest BCUT2D eigenvalue weighted by molar-refractivity contribution is -0.137. The fourth-order valence-corrected chi connectivity index (χ4v) is 3.88. The van der Waals surface area contributed by atoms with Crippen molar-refractivity contribution < 1.29 is 9.53 Å².